The highest BCUT2D eigenvalue weighted by Gasteiger charge is 2.57. The van der Waals surface area contributed by atoms with Gasteiger partial charge in [0.05, 0.1) is 19.9 Å². The molecule has 1 aliphatic rings. The zero-order valence-corrected chi connectivity index (χ0v) is 14.1. The van der Waals surface area contributed by atoms with Crippen molar-refractivity contribution in [1.82, 2.24) is 4.90 Å². The van der Waals surface area contributed by atoms with Crippen LogP contribution in [0.3, 0.4) is 0 Å². The third kappa shape index (κ3) is 3.25. The minimum absolute atomic E-state index is 0.0955. The van der Waals surface area contributed by atoms with Crippen molar-refractivity contribution < 1.29 is 19.1 Å². The molecular weight excluding hydrogens is 296 g/mol. The number of anilines is 1. The van der Waals surface area contributed by atoms with Gasteiger partial charge in [-0.1, -0.05) is 0 Å². The van der Waals surface area contributed by atoms with Crippen LogP contribution in [0.4, 0.5) is 5.69 Å². The molecule has 2 rings (SSSR count). The monoisotopic (exact) mass is 320 g/mol. The molecule has 1 fully saturated rings. The molecule has 1 aromatic rings. The quantitative estimate of drug-likeness (QED) is 0.783. The predicted octanol–water partition coefficient (Wildman–Crippen LogP) is 2.29. The van der Waals surface area contributed by atoms with Gasteiger partial charge in [0.15, 0.2) is 0 Å². The molecule has 1 saturated carbocycles. The van der Waals surface area contributed by atoms with Crippen LogP contribution in [0, 0.1) is 5.41 Å². The smallest absolute Gasteiger partial charge is 0.240 e. The Balaban J connectivity index is 2.20. The van der Waals surface area contributed by atoms with Crippen LogP contribution in [-0.4, -0.2) is 44.0 Å². The first-order valence-corrected chi connectivity index (χ1v) is 7.85. The summed E-state index contributed by atoms with van der Waals surface area (Å²) in [4.78, 5) is 27.0. The average molecular weight is 320 g/mol. The molecule has 0 aromatic heterocycles. The topological polar surface area (TPSA) is 67.9 Å². The molecule has 0 heterocycles. The van der Waals surface area contributed by atoms with E-state index in [9.17, 15) is 9.59 Å². The van der Waals surface area contributed by atoms with Crippen LogP contribution in [0.15, 0.2) is 18.2 Å². The van der Waals surface area contributed by atoms with E-state index in [0.717, 1.165) is 0 Å². The fraction of sp³-hybridized carbons (Fsp3) is 0.529. The summed E-state index contributed by atoms with van der Waals surface area (Å²) in [6.07, 6.45) is 1.17. The van der Waals surface area contributed by atoms with Gasteiger partial charge < -0.3 is 19.7 Å². The Morgan fingerprint density at radius 2 is 1.83 bits per heavy atom. The number of rotatable bonds is 7. The second-order valence-corrected chi connectivity index (χ2v) is 5.58. The standard InChI is InChI=1S/C17H24N2O4/c1-5-19(6-2)16(21)17(9-10-17)15(20)18-13-11-12(22-3)7-8-14(13)23-4/h7-8,11H,5-6,9-10H2,1-4H3,(H,18,20). The predicted molar refractivity (Wildman–Crippen MR) is 87.8 cm³/mol. The number of carbonyl (C=O) groups excluding carboxylic acids is 2. The number of hydrogen-bond acceptors (Lipinski definition) is 4. The van der Waals surface area contributed by atoms with Gasteiger partial charge in [-0.2, -0.15) is 0 Å². The molecule has 0 atom stereocenters. The maximum atomic E-state index is 12.7. The number of nitrogens with zero attached hydrogens (tertiary/aromatic N) is 1. The molecule has 0 saturated heterocycles. The second-order valence-electron chi connectivity index (χ2n) is 5.58. The number of benzene rings is 1. The third-order valence-electron chi connectivity index (χ3n) is 4.30. The van der Waals surface area contributed by atoms with E-state index in [1.807, 2.05) is 13.8 Å². The number of hydrogen-bond donors (Lipinski definition) is 1. The van der Waals surface area contributed by atoms with Crippen LogP contribution < -0.4 is 14.8 Å². The zero-order chi connectivity index (χ0) is 17.0. The number of carbonyl (C=O) groups is 2. The highest BCUT2D eigenvalue weighted by molar-refractivity contribution is 6.13. The molecule has 0 radical (unpaired) electrons. The van der Waals surface area contributed by atoms with Crippen molar-refractivity contribution in [3.63, 3.8) is 0 Å². The Morgan fingerprint density at radius 3 is 2.30 bits per heavy atom. The van der Waals surface area contributed by atoms with Gasteiger partial charge in [-0.3, -0.25) is 9.59 Å². The lowest BCUT2D eigenvalue weighted by atomic mass is 10.0. The summed E-state index contributed by atoms with van der Waals surface area (Å²) in [7, 11) is 3.09. The molecule has 126 valence electrons. The van der Waals surface area contributed by atoms with Crippen molar-refractivity contribution in [3.8, 4) is 11.5 Å². The molecule has 1 aromatic carbocycles. The normalized spacial score (nSPS) is 14.8. The van der Waals surface area contributed by atoms with Crippen LogP contribution in [-0.2, 0) is 9.59 Å². The van der Waals surface area contributed by atoms with E-state index in [-0.39, 0.29) is 11.8 Å². The van der Waals surface area contributed by atoms with Crippen LogP contribution in [0.5, 0.6) is 11.5 Å². The Labute approximate surface area is 136 Å². The van der Waals surface area contributed by atoms with Crippen LogP contribution >= 0.6 is 0 Å². The maximum Gasteiger partial charge on any atom is 0.240 e. The second kappa shape index (κ2) is 6.89. The van der Waals surface area contributed by atoms with Crippen molar-refractivity contribution in [2.75, 3.05) is 32.6 Å². The maximum absolute atomic E-state index is 12.7. The van der Waals surface area contributed by atoms with Gasteiger partial charge in [-0.15, -0.1) is 0 Å². The summed E-state index contributed by atoms with van der Waals surface area (Å²) in [6.45, 7) is 5.04. The third-order valence-corrected chi connectivity index (χ3v) is 4.30. The number of methoxy groups -OCH3 is 2. The molecule has 1 N–H and O–H groups in total. The van der Waals surface area contributed by atoms with E-state index in [2.05, 4.69) is 5.32 Å². The van der Waals surface area contributed by atoms with Crippen molar-refractivity contribution >= 4 is 17.5 Å². The molecular formula is C17H24N2O4. The summed E-state index contributed by atoms with van der Waals surface area (Å²) < 4.78 is 10.4. The fourth-order valence-corrected chi connectivity index (χ4v) is 2.63. The molecule has 1 aliphatic carbocycles. The lowest BCUT2D eigenvalue weighted by Gasteiger charge is -2.24. The van der Waals surface area contributed by atoms with Crippen LogP contribution in [0.2, 0.25) is 0 Å². The minimum Gasteiger partial charge on any atom is -0.497 e. The van der Waals surface area contributed by atoms with Gasteiger partial charge in [-0.25, -0.2) is 0 Å². The van der Waals surface area contributed by atoms with Crippen molar-refractivity contribution in [3.05, 3.63) is 18.2 Å². The molecule has 0 unspecified atom stereocenters. The summed E-state index contributed by atoms with van der Waals surface area (Å²) in [6, 6.07) is 5.16. The largest absolute Gasteiger partial charge is 0.497 e. The van der Waals surface area contributed by atoms with Gasteiger partial charge >= 0.3 is 0 Å². The van der Waals surface area contributed by atoms with E-state index in [0.29, 0.717) is 43.1 Å². The first-order chi connectivity index (χ1) is 11.0. The van der Waals surface area contributed by atoms with Crippen molar-refractivity contribution in [2.45, 2.75) is 26.7 Å². The lowest BCUT2D eigenvalue weighted by molar-refractivity contribution is -0.141. The molecule has 23 heavy (non-hydrogen) atoms. The first kappa shape index (κ1) is 17.1. The summed E-state index contributed by atoms with van der Waals surface area (Å²) in [5.74, 6) is 0.772. The number of nitrogens with one attached hydrogen (secondary N) is 1. The highest BCUT2D eigenvalue weighted by atomic mass is 16.5. The van der Waals surface area contributed by atoms with Crippen molar-refractivity contribution in [1.29, 1.82) is 0 Å². The average Bonchev–Trinajstić information content (AvgIpc) is 3.37. The summed E-state index contributed by atoms with van der Waals surface area (Å²) in [5, 5.41) is 2.83. The summed E-state index contributed by atoms with van der Waals surface area (Å²) >= 11 is 0. The van der Waals surface area contributed by atoms with E-state index >= 15 is 0 Å². The van der Waals surface area contributed by atoms with E-state index in [1.54, 1.807) is 30.2 Å². The molecule has 6 heteroatoms. The molecule has 6 nitrogen and oxygen atoms in total. The van der Waals surface area contributed by atoms with E-state index < -0.39 is 5.41 Å². The number of amides is 2. The van der Waals surface area contributed by atoms with Gasteiger partial charge in [0, 0.05) is 19.2 Å². The van der Waals surface area contributed by atoms with Gasteiger partial charge in [-0.05, 0) is 38.8 Å². The number of ether oxygens (including phenoxy) is 2. The lowest BCUT2D eigenvalue weighted by Crippen LogP contribution is -2.42. The van der Waals surface area contributed by atoms with Gasteiger partial charge in [0.25, 0.3) is 0 Å². The Morgan fingerprint density at radius 1 is 1.17 bits per heavy atom. The SMILES string of the molecule is CCN(CC)C(=O)C1(C(=O)Nc2cc(OC)ccc2OC)CC1. The van der Waals surface area contributed by atoms with E-state index in [4.69, 9.17) is 9.47 Å². The van der Waals surface area contributed by atoms with Crippen LogP contribution in [0.25, 0.3) is 0 Å². The minimum atomic E-state index is -0.930. The molecule has 2 amide bonds. The molecule has 0 bridgehead atoms. The fourth-order valence-electron chi connectivity index (χ4n) is 2.63. The van der Waals surface area contributed by atoms with Gasteiger partial charge in [0.2, 0.25) is 11.8 Å². The summed E-state index contributed by atoms with van der Waals surface area (Å²) in [5.41, 5.74) is -0.421. The molecule has 0 spiro atoms. The molecule has 0 aliphatic heterocycles. The zero-order valence-electron chi connectivity index (χ0n) is 14.1. The van der Waals surface area contributed by atoms with Gasteiger partial charge in [0.1, 0.15) is 16.9 Å². The van der Waals surface area contributed by atoms with Crippen LogP contribution in [0.1, 0.15) is 26.7 Å². The highest BCUT2D eigenvalue weighted by Crippen LogP contribution is 2.48. The van der Waals surface area contributed by atoms with E-state index in [1.165, 1.54) is 7.11 Å². The first-order valence-electron chi connectivity index (χ1n) is 7.85. The Bertz CT molecular complexity index is 592. The van der Waals surface area contributed by atoms with Crippen molar-refractivity contribution in [2.24, 2.45) is 5.41 Å². The Hall–Kier alpha value is -2.24. The Kier molecular flexibility index (Phi) is 5.13.